The molecule has 0 spiro atoms. The predicted octanol–water partition coefficient (Wildman–Crippen LogP) is 3.29. The lowest BCUT2D eigenvalue weighted by molar-refractivity contribution is -0.0505. The van der Waals surface area contributed by atoms with Crippen LogP contribution in [0.5, 0.6) is 28.7 Å². The van der Waals surface area contributed by atoms with E-state index in [0.29, 0.717) is 47.7 Å². The maximum atomic E-state index is 12.8. The summed E-state index contributed by atoms with van der Waals surface area (Å²) in [5.41, 5.74) is 1.43. The number of alkyl halides is 2. The second-order valence-electron chi connectivity index (χ2n) is 6.39. The number of halogens is 2. The number of nitrogens with one attached hydrogen (secondary N) is 2. The minimum absolute atomic E-state index is 0.0125. The standard InChI is InChI=1S/C21H25F2N3O5/c1-4-28-15-6-5-13(7-17(15)27-3)10-25-21(24-2)26-11-14-8-18-19(30-12-29-18)9-16(14)31-20(22)23/h5-9,20H,4,10-12H2,1-3H3,(H2,24,25,26). The van der Waals surface area contributed by atoms with Crippen molar-refractivity contribution in [3.05, 3.63) is 41.5 Å². The number of guanidine groups is 1. The molecule has 0 saturated carbocycles. The van der Waals surface area contributed by atoms with Crippen molar-refractivity contribution in [2.45, 2.75) is 26.6 Å². The lowest BCUT2D eigenvalue weighted by Crippen LogP contribution is -2.36. The maximum Gasteiger partial charge on any atom is 0.387 e. The normalized spacial score (nSPS) is 12.6. The Labute approximate surface area is 179 Å². The molecule has 31 heavy (non-hydrogen) atoms. The molecule has 0 atom stereocenters. The van der Waals surface area contributed by atoms with Crippen LogP contribution in [0.1, 0.15) is 18.1 Å². The number of fused-ring (bicyclic) bond motifs is 1. The van der Waals surface area contributed by atoms with Gasteiger partial charge in [0.2, 0.25) is 6.79 Å². The number of benzene rings is 2. The van der Waals surface area contributed by atoms with Gasteiger partial charge in [0, 0.05) is 31.8 Å². The SMILES string of the molecule is CCOc1ccc(CNC(=NC)NCc2cc3c(cc2OC(F)F)OCO3)cc1OC. The molecule has 0 amide bonds. The second kappa shape index (κ2) is 10.6. The van der Waals surface area contributed by atoms with Crippen molar-refractivity contribution in [2.24, 2.45) is 4.99 Å². The van der Waals surface area contributed by atoms with Gasteiger partial charge in [0.1, 0.15) is 5.75 Å². The van der Waals surface area contributed by atoms with Gasteiger partial charge in [-0.2, -0.15) is 8.78 Å². The highest BCUT2D eigenvalue weighted by Gasteiger charge is 2.20. The van der Waals surface area contributed by atoms with Crippen LogP contribution in [-0.2, 0) is 13.1 Å². The first-order valence-electron chi connectivity index (χ1n) is 9.65. The Morgan fingerprint density at radius 3 is 2.48 bits per heavy atom. The average molecular weight is 437 g/mol. The summed E-state index contributed by atoms with van der Waals surface area (Å²) in [6.45, 7) is 0.180. The third-order valence-electron chi connectivity index (χ3n) is 4.43. The molecule has 2 aromatic rings. The molecular formula is C21H25F2N3O5. The first kappa shape index (κ1) is 22.3. The molecule has 0 fully saturated rings. The minimum Gasteiger partial charge on any atom is -0.493 e. The zero-order valence-electron chi connectivity index (χ0n) is 17.5. The quantitative estimate of drug-likeness (QED) is 0.460. The van der Waals surface area contributed by atoms with E-state index in [1.807, 2.05) is 25.1 Å². The Morgan fingerprint density at radius 2 is 1.81 bits per heavy atom. The number of nitrogens with zero attached hydrogens (tertiary/aromatic N) is 1. The van der Waals surface area contributed by atoms with Crippen LogP contribution in [0, 0.1) is 0 Å². The van der Waals surface area contributed by atoms with Gasteiger partial charge in [-0.15, -0.1) is 0 Å². The van der Waals surface area contributed by atoms with Crippen LogP contribution in [-0.4, -0.2) is 40.1 Å². The summed E-state index contributed by atoms with van der Waals surface area (Å²) in [6.07, 6.45) is 0. The summed E-state index contributed by atoms with van der Waals surface area (Å²) in [5.74, 6) is 2.64. The Morgan fingerprint density at radius 1 is 1.06 bits per heavy atom. The van der Waals surface area contributed by atoms with Gasteiger partial charge in [-0.25, -0.2) is 0 Å². The van der Waals surface area contributed by atoms with E-state index >= 15 is 0 Å². The van der Waals surface area contributed by atoms with E-state index in [4.69, 9.17) is 18.9 Å². The van der Waals surface area contributed by atoms with Gasteiger partial charge in [0.15, 0.2) is 29.0 Å². The topological polar surface area (TPSA) is 82.6 Å². The van der Waals surface area contributed by atoms with E-state index in [2.05, 4.69) is 20.4 Å². The predicted molar refractivity (Wildman–Crippen MR) is 110 cm³/mol. The fourth-order valence-electron chi connectivity index (χ4n) is 2.99. The number of rotatable bonds is 9. The molecule has 0 unspecified atom stereocenters. The van der Waals surface area contributed by atoms with Crippen molar-refractivity contribution in [3.63, 3.8) is 0 Å². The van der Waals surface area contributed by atoms with E-state index in [1.165, 1.54) is 6.07 Å². The first-order chi connectivity index (χ1) is 15.0. The average Bonchev–Trinajstić information content (AvgIpc) is 3.21. The van der Waals surface area contributed by atoms with Gasteiger partial charge in [-0.05, 0) is 30.7 Å². The fourth-order valence-corrected chi connectivity index (χ4v) is 2.99. The summed E-state index contributed by atoms with van der Waals surface area (Å²) in [5, 5.41) is 6.25. The molecule has 0 radical (unpaired) electrons. The molecule has 1 heterocycles. The minimum atomic E-state index is -2.95. The molecule has 0 aliphatic carbocycles. The summed E-state index contributed by atoms with van der Waals surface area (Å²) in [4.78, 5) is 4.16. The van der Waals surface area contributed by atoms with E-state index in [0.717, 1.165) is 5.56 Å². The van der Waals surface area contributed by atoms with Crippen molar-refractivity contribution in [1.82, 2.24) is 10.6 Å². The maximum absolute atomic E-state index is 12.8. The smallest absolute Gasteiger partial charge is 0.387 e. The van der Waals surface area contributed by atoms with E-state index in [1.54, 1.807) is 20.2 Å². The molecule has 1 aliphatic heterocycles. The van der Waals surface area contributed by atoms with Crippen molar-refractivity contribution in [1.29, 1.82) is 0 Å². The van der Waals surface area contributed by atoms with Gasteiger partial charge in [-0.3, -0.25) is 4.99 Å². The molecule has 10 heteroatoms. The molecular weight excluding hydrogens is 412 g/mol. The van der Waals surface area contributed by atoms with Crippen molar-refractivity contribution >= 4 is 5.96 Å². The van der Waals surface area contributed by atoms with E-state index in [-0.39, 0.29) is 19.1 Å². The summed E-state index contributed by atoms with van der Waals surface area (Å²) >= 11 is 0. The molecule has 0 aromatic heterocycles. The van der Waals surface area contributed by atoms with Crippen molar-refractivity contribution in [3.8, 4) is 28.7 Å². The zero-order valence-corrected chi connectivity index (χ0v) is 17.5. The molecule has 168 valence electrons. The molecule has 2 aromatic carbocycles. The van der Waals surface area contributed by atoms with Gasteiger partial charge >= 0.3 is 6.61 Å². The highest BCUT2D eigenvalue weighted by Crippen LogP contribution is 2.38. The van der Waals surface area contributed by atoms with Crippen LogP contribution < -0.4 is 34.3 Å². The van der Waals surface area contributed by atoms with Crippen molar-refractivity contribution < 1.29 is 32.5 Å². The number of ether oxygens (including phenoxy) is 5. The Balaban J connectivity index is 1.63. The summed E-state index contributed by atoms with van der Waals surface area (Å²) in [7, 11) is 3.20. The molecule has 8 nitrogen and oxygen atoms in total. The largest absolute Gasteiger partial charge is 0.493 e. The number of hydrogen-bond acceptors (Lipinski definition) is 6. The van der Waals surface area contributed by atoms with Crippen LogP contribution in [0.3, 0.4) is 0 Å². The molecule has 0 bridgehead atoms. The third-order valence-corrected chi connectivity index (χ3v) is 4.43. The highest BCUT2D eigenvalue weighted by atomic mass is 19.3. The first-order valence-corrected chi connectivity index (χ1v) is 9.65. The van der Waals surface area contributed by atoms with Gasteiger partial charge in [-0.1, -0.05) is 6.07 Å². The Bertz CT molecular complexity index is 924. The van der Waals surface area contributed by atoms with Gasteiger partial charge in [0.05, 0.1) is 13.7 Å². The number of methoxy groups -OCH3 is 1. The second-order valence-corrected chi connectivity index (χ2v) is 6.39. The fraction of sp³-hybridized carbons (Fsp3) is 0.381. The number of aliphatic imine (C=N–C) groups is 1. The number of hydrogen-bond donors (Lipinski definition) is 2. The monoisotopic (exact) mass is 437 g/mol. The van der Waals surface area contributed by atoms with Gasteiger partial charge < -0.3 is 34.3 Å². The van der Waals surface area contributed by atoms with E-state index in [9.17, 15) is 8.78 Å². The lowest BCUT2D eigenvalue weighted by atomic mass is 10.1. The van der Waals surface area contributed by atoms with E-state index < -0.39 is 6.61 Å². The highest BCUT2D eigenvalue weighted by molar-refractivity contribution is 5.79. The Kier molecular flexibility index (Phi) is 7.58. The summed E-state index contributed by atoms with van der Waals surface area (Å²) < 4.78 is 51.7. The van der Waals surface area contributed by atoms with Crippen molar-refractivity contribution in [2.75, 3.05) is 27.6 Å². The van der Waals surface area contributed by atoms with Crippen LogP contribution in [0.25, 0.3) is 0 Å². The molecule has 2 N–H and O–H groups in total. The van der Waals surface area contributed by atoms with Gasteiger partial charge in [0.25, 0.3) is 0 Å². The van der Waals surface area contributed by atoms with Crippen LogP contribution in [0.2, 0.25) is 0 Å². The summed E-state index contributed by atoms with van der Waals surface area (Å²) in [6, 6.07) is 8.64. The van der Waals surface area contributed by atoms with Crippen LogP contribution in [0.15, 0.2) is 35.3 Å². The van der Waals surface area contributed by atoms with Crippen LogP contribution >= 0.6 is 0 Å². The Hall–Kier alpha value is -3.43. The lowest BCUT2D eigenvalue weighted by Gasteiger charge is -2.16. The third kappa shape index (κ3) is 5.80. The molecule has 0 saturated heterocycles. The van der Waals surface area contributed by atoms with Crippen LogP contribution in [0.4, 0.5) is 8.78 Å². The molecule has 3 rings (SSSR count). The zero-order chi connectivity index (χ0) is 22.2. The molecule has 1 aliphatic rings.